The minimum atomic E-state index is -0.422. The van der Waals surface area contributed by atoms with Crippen LogP contribution in [0, 0.1) is 0 Å². The zero-order chi connectivity index (χ0) is 15.2. The highest BCUT2D eigenvalue weighted by atomic mass is 16.5. The Labute approximate surface area is 124 Å². The summed E-state index contributed by atoms with van der Waals surface area (Å²) in [4.78, 5) is 18.4. The second kappa shape index (κ2) is 7.26. The Bertz CT molecular complexity index is 489. The van der Waals surface area contributed by atoms with Crippen molar-refractivity contribution in [1.29, 1.82) is 0 Å². The van der Waals surface area contributed by atoms with Crippen LogP contribution in [0.4, 0.5) is 11.5 Å². The lowest BCUT2D eigenvalue weighted by Gasteiger charge is -2.38. The van der Waals surface area contributed by atoms with Crippen LogP contribution >= 0.6 is 0 Å². The van der Waals surface area contributed by atoms with Gasteiger partial charge in [-0.1, -0.05) is 0 Å². The molecule has 116 valence electrons. The van der Waals surface area contributed by atoms with Crippen molar-refractivity contribution < 1.29 is 14.6 Å². The number of hydrogen-bond donors (Lipinski definition) is 2. The Morgan fingerprint density at radius 3 is 2.90 bits per heavy atom. The predicted molar refractivity (Wildman–Crippen MR) is 81.3 cm³/mol. The summed E-state index contributed by atoms with van der Waals surface area (Å²) >= 11 is 0. The van der Waals surface area contributed by atoms with E-state index in [2.05, 4.69) is 9.88 Å². The summed E-state index contributed by atoms with van der Waals surface area (Å²) in [5.74, 6) is 0.305. The van der Waals surface area contributed by atoms with Crippen molar-refractivity contribution in [2.24, 2.45) is 0 Å². The number of aromatic nitrogens is 1. The second-order valence-electron chi connectivity index (χ2n) is 5.21. The Hall–Kier alpha value is -1.82. The van der Waals surface area contributed by atoms with E-state index in [9.17, 15) is 4.79 Å². The fourth-order valence-electron chi connectivity index (χ4n) is 2.42. The van der Waals surface area contributed by atoms with Crippen LogP contribution in [0.15, 0.2) is 12.3 Å². The largest absolute Gasteiger partial charge is 0.462 e. The molecule has 1 saturated carbocycles. The third-order valence-electron chi connectivity index (χ3n) is 3.78. The molecule has 1 fully saturated rings. The van der Waals surface area contributed by atoms with Gasteiger partial charge >= 0.3 is 5.97 Å². The summed E-state index contributed by atoms with van der Waals surface area (Å²) in [6.45, 7) is 2.94. The maximum Gasteiger partial charge on any atom is 0.340 e. The summed E-state index contributed by atoms with van der Waals surface area (Å²) in [5, 5.41) is 9.05. The van der Waals surface area contributed by atoms with Crippen LogP contribution in [0.1, 0.15) is 43.0 Å². The first-order valence-electron chi connectivity index (χ1n) is 7.47. The molecule has 6 heteroatoms. The van der Waals surface area contributed by atoms with Gasteiger partial charge in [0.2, 0.25) is 0 Å². The Kier molecular flexibility index (Phi) is 5.38. The van der Waals surface area contributed by atoms with Crippen LogP contribution in [0.5, 0.6) is 0 Å². The lowest BCUT2D eigenvalue weighted by molar-refractivity contribution is 0.0527. The minimum Gasteiger partial charge on any atom is -0.462 e. The van der Waals surface area contributed by atoms with Crippen LogP contribution < -0.4 is 10.6 Å². The van der Waals surface area contributed by atoms with E-state index in [1.54, 1.807) is 13.0 Å². The molecule has 0 spiro atoms. The van der Waals surface area contributed by atoms with E-state index in [1.165, 1.54) is 12.6 Å². The number of anilines is 2. The molecule has 0 bridgehead atoms. The second-order valence-corrected chi connectivity index (χ2v) is 5.21. The summed E-state index contributed by atoms with van der Waals surface area (Å²) < 4.78 is 5.02. The number of nitrogen functional groups attached to an aromatic ring is 1. The zero-order valence-corrected chi connectivity index (χ0v) is 12.4. The first kappa shape index (κ1) is 15.6. The van der Waals surface area contributed by atoms with Crippen LogP contribution in [0.3, 0.4) is 0 Å². The molecule has 3 N–H and O–H groups in total. The number of esters is 1. The number of nitrogens with two attached hydrogens (primary N) is 1. The van der Waals surface area contributed by atoms with Crippen molar-refractivity contribution in [3.63, 3.8) is 0 Å². The first-order chi connectivity index (χ1) is 10.2. The molecule has 0 radical (unpaired) electrons. The van der Waals surface area contributed by atoms with E-state index in [-0.39, 0.29) is 6.61 Å². The molecule has 1 aromatic rings. The number of nitrogens with zero attached hydrogens (tertiary/aromatic N) is 2. The Morgan fingerprint density at radius 2 is 2.33 bits per heavy atom. The lowest BCUT2D eigenvalue weighted by Crippen LogP contribution is -2.41. The molecule has 0 aliphatic heterocycles. The number of ether oxygens (including phenoxy) is 1. The molecule has 1 aromatic heterocycles. The summed E-state index contributed by atoms with van der Waals surface area (Å²) in [6.07, 6.45) is 5.63. The maximum atomic E-state index is 11.9. The molecule has 0 aromatic carbocycles. The average Bonchev–Trinajstić information content (AvgIpc) is 2.42. The van der Waals surface area contributed by atoms with E-state index in [0.717, 1.165) is 25.2 Å². The summed E-state index contributed by atoms with van der Waals surface area (Å²) in [7, 11) is 0. The van der Waals surface area contributed by atoms with E-state index in [4.69, 9.17) is 15.6 Å². The Morgan fingerprint density at radius 1 is 1.57 bits per heavy atom. The lowest BCUT2D eigenvalue weighted by atomic mass is 9.91. The van der Waals surface area contributed by atoms with Crippen molar-refractivity contribution in [2.45, 2.75) is 38.6 Å². The van der Waals surface area contributed by atoms with Gasteiger partial charge in [0.1, 0.15) is 5.82 Å². The fourth-order valence-corrected chi connectivity index (χ4v) is 2.42. The van der Waals surface area contributed by atoms with Crippen molar-refractivity contribution in [1.82, 2.24) is 4.98 Å². The number of hydrogen-bond acceptors (Lipinski definition) is 6. The maximum absolute atomic E-state index is 11.9. The van der Waals surface area contributed by atoms with Gasteiger partial charge in [0.15, 0.2) is 0 Å². The number of carbonyl (C=O) groups is 1. The average molecular weight is 293 g/mol. The number of aliphatic hydroxyl groups is 1. The molecule has 1 aliphatic rings. The molecular formula is C15H23N3O3. The van der Waals surface area contributed by atoms with Crippen LogP contribution in [0.2, 0.25) is 0 Å². The minimum absolute atomic E-state index is 0.142. The number of pyridine rings is 1. The molecule has 21 heavy (non-hydrogen) atoms. The normalized spacial score (nSPS) is 14.6. The topological polar surface area (TPSA) is 88.7 Å². The molecule has 0 atom stereocenters. The third-order valence-corrected chi connectivity index (χ3v) is 3.78. The van der Waals surface area contributed by atoms with Gasteiger partial charge in [-0.2, -0.15) is 0 Å². The van der Waals surface area contributed by atoms with Gasteiger partial charge in [-0.3, -0.25) is 0 Å². The van der Waals surface area contributed by atoms with E-state index < -0.39 is 5.97 Å². The van der Waals surface area contributed by atoms with Crippen molar-refractivity contribution in [2.75, 3.05) is 30.4 Å². The van der Waals surface area contributed by atoms with Crippen molar-refractivity contribution in [3.8, 4) is 0 Å². The standard InChI is InChI=1S/C15H23N3O3/c1-2-21-15(20)12-9-14(17-10-13(12)16)18(7-4-8-19)11-5-3-6-11/h9-11,19H,2-8,16H2,1H3. The zero-order valence-electron chi connectivity index (χ0n) is 12.4. The number of aliphatic hydroxyl groups excluding tert-OH is 1. The van der Waals surface area contributed by atoms with E-state index in [1.807, 2.05) is 0 Å². The summed E-state index contributed by atoms with van der Waals surface area (Å²) in [5.41, 5.74) is 6.51. The van der Waals surface area contributed by atoms with E-state index in [0.29, 0.717) is 30.3 Å². The Balaban J connectivity index is 2.23. The molecule has 0 unspecified atom stereocenters. The predicted octanol–water partition coefficient (Wildman–Crippen LogP) is 1.58. The number of rotatable bonds is 7. The van der Waals surface area contributed by atoms with Gasteiger partial charge in [-0.15, -0.1) is 0 Å². The van der Waals surface area contributed by atoms with Gasteiger partial charge < -0.3 is 20.5 Å². The smallest absolute Gasteiger partial charge is 0.340 e. The van der Waals surface area contributed by atoms with Crippen LogP contribution in [-0.2, 0) is 4.74 Å². The quantitative estimate of drug-likeness (QED) is 0.742. The molecular weight excluding hydrogens is 270 g/mol. The fraction of sp³-hybridized carbons (Fsp3) is 0.600. The van der Waals surface area contributed by atoms with Gasteiger partial charge in [0, 0.05) is 19.2 Å². The molecule has 1 heterocycles. The van der Waals surface area contributed by atoms with Crippen LogP contribution in [0.25, 0.3) is 0 Å². The van der Waals surface area contributed by atoms with Crippen molar-refractivity contribution in [3.05, 3.63) is 17.8 Å². The molecule has 0 saturated heterocycles. The third kappa shape index (κ3) is 3.64. The van der Waals surface area contributed by atoms with Crippen molar-refractivity contribution >= 4 is 17.5 Å². The molecule has 6 nitrogen and oxygen atoms in total. The SMILES string of the molecule is CCOC(=O)c1cc(N(CCCO)C2CCC2)ncc1N. The van der Waals surface area contributed by atoms with Gasteiger partial charge in [0.05, 0.1) is 24.1 Å². The first-order valence-corrected chi connectivity index (χ1v) is 7.47. The van der Waals surface area contributed by atoms with Gasteiger partial charge in [-0.25, -0.2) is 9.78 Å². The molecule has 1 aliphatic carbocycles. The monoisotopic (exact) mass is 293 g/mol. The highest BCUT2D eigenvalue weighted by Crippen LogP contribution is 2.30. The number of carbonyl (C=O) groups excluding carboxylic acids is 1. The molecule has 0 amide bonds. The molecule has 2 rings (SSSR count). The van der Waals surface area contributed by atoms with Crippen LogP contribution in [-0.4, -0.2) is 41.9 Å². The highest BCUT2D eigenvalue weighted by Gasteiger charge is 2.26. The highest BCUT2D eigenvalue weighted by molar-refractivity contribution is 5.95. The van der Waals surface area contributed by atoms with Gasteiger partial charge in [-0.05, 0) is 38.7 Å². The van der Waals surface area contributed by atoms with Gasteiger partial charge in [0.25, 0.3) is 0 Å². The van der Waals surface area contributed by atoms with E-state index >= 15 is 0 Å². The summed E-state index contributed by atoms with van der Waals surface area (Å²) in [6, 6.07) is 2.13.